The van der Waals surface area contributed by atoms with Gasteiger partial charge in [0, 0.05) is 38.0 Å². The molecule has 0 amide bonds. The maximum atomic E-state index is 13.1. The Morgan fingerprint density at radius 3 is 2.52 bits per heavy atom. The van der Waals surface area contributed by atoms with Crippen LogP contribution in [0, 0.1) is 0 Å². The van der Waals surface area contributed by atoms with Crippen LogP contribution in [0.25, 0.3) is 0 Å². The van der Waals surface area contributed by atoms with Crippen LogP contribution < -0.4 is 4.74 Å². The molecule has 1 saturated heterocycles. The number of thiol groups is 1. The van der Waals surface area contributed by atoms with E-state index in [0.29, 0.717) is 50.1 Å². The molecule has 0 saturated carbocycles. The second kappa shape index (κ2) is 11.3. The maximum Gasteiger partial charge on any atom is 0.243 e. The van der Waals surface area contributed by atoms with Crippen molar-refractivity contribution in [1.29, 1.82) is 0 Å². The van der Waals surface area contributed by atoms with Crippen molar-refractivity contribution in [1.82, 2.24) is 9.21 Å². The van der Waals surface area contributed by atoms with Crippen molar-refractivity contribution < 1.29 is 17.9 Å². The minimum Gasteiger partial charge on any atom is -0.494 e. The highest BCUT2D eigenvalue weighted by molar-refractivity contribution is 7.89. The van der Waals surface area contributed by atoms with E-state index < -0.39 is 10.0 Å². The molecule has 1 unspecified atom stereocenters. The molecule has 0 aromatic heterocycles. The normalized spacial score (nSPS) is 17.2. The molecule has 6 nitrogen and oxygen atoms in total. The van der Waals surface area contributed by atoms with Gasteiger partial charge >= 0.3 is 0 Å². The standard InChI is InChI=1S/C19H32N2O4S2/c1-3-4-13-25-18-5-7-19(8-6-18)27(22,23)21(16-17(2)26)10-9-20-11-14-24-15-12-20/h5-8,17,26H,3-4,9-16H2,1-2H3. The van der Waals surface area contributed by atoms with Gasteiger partial charge in [-0.2, -0.15) is 16.9 Å². The number of nitrogens with zero attached hydrogens (tertiary/aromatic N) is 2. The molecule has 1 atom stereocenters. The van der Waals surface area contributed by atoms with E-state index in [0.717, 1.165) is 25.9 Å². The van der Waals surface area contributed by atoms with Crippen molar-refractivity contribution in [3.63, 3.8) is 0 Å². The second-order valence-corrected chi connectivity index (χ2v) is 9.66. The lowest BCUT2D eigenvalue weighted by atomic mass is 10.3. The molecule has 0 bridgehead atoms. The smallest absolute Gasteiger partial charge is 0.243 e. The molecule has 27 heavy (non-hydrogen) atoms. The van der Waals surface area contributed by atoms with Gasteiger partial charge in [0.1, 0.15) is 5.75 Å². The summed E-state index contributed by atoms with van der Waals surface area (Å²) in [6.45, 7) is 9.27. The quantitative estimate of drug-likeness (QED) is 0.444. The number of benzene rings is 1. The van der Waals surface area contributed by atoms with Gasteiger partial charge < -0.3 is 9.47 Å². The first-order valence-corrected chi connectivity index (χ1v) is 11.6. The van der Waals surface area contributed by atoms with Gasteiger partial charge in [-0.25, -0.2) is 8.42 Å². The van der Waals surface area contributed by atoms with Crippen LogP contribution in [-0.4, -0.2) is 75.4 Å². The Kier molecular flexibility index (Phi) is 9.38. The zero-order valence-electron chi connectivity index (χ0n) is 16.3. The topological polar surface area (TPSA) is 59.1 Å². The molecule has 0 spiro atoms. The minimum atomic E-state index is -3.57. The van der Waals surface area contributed by atoms with Gasteiger partial charge in [0.2, 0.25) is 10.0 Å². The van der Waals surface area contributed by atoms with Crippen LogP contribution in [-0.2, 0) is 14.8 Å². The molecule has 1 aromatic rings. The van der Waals surface area contributed by atoms with Crippen LogP contribution in [0.3, 0.4) is 0 Å². The summed E-state index contributed by atoms with van der Waals surface area (Å²) >= 11 is 4.41. The molecule has 1 fully saturated rings. The van der Waals surface area contributed by atoms with Gasteiger partial charge in [-0.1, -0.05) is 20.3 Å². The Morgan fingerprint density at radius 2 is 1.93 bits per heavy atom. The number of rotatable bonds is 11. The number of unbranched alkanes of at least 4 members (excludes halogenated alkanes) is 1. The van der Waals surface area contributed by atoms with E-state index in [4.69, 9.17) is 9.47 Å². The lowest BCUT2D eigenvalue weighted by molar-refractivity contribution is 0.0363. The summed E-state index contributed by atoms with van der Waals surface area (Å²) < 4.78 is 38.8. The average Bonchev–Trinajstić information content (AvgIpc) is 2.66. The van der Waals surface area contributed by atoms with Crippen molar-refractivity contribution in [3.05, 3.63) is 24.3 Å². The molecular weight excluding hydrogens is 384 g/mol. The molecular formula is C19H32N2O4S2. The van der Waals surface area contributed by atoms with Crippen LogP contribution in [0.5, 0.6) is 5.75 Å². The number of ether oxygens (including phenoxy) is 2. The van der Waals surface area contributed by atoms with Crippen LogP contribution in [0.1, 0.15) is 26.7 Å². The zero-order chi connectivity index (χ0) is 19.7. The van der Waals surface area contributed by atoms with E-state index in [1.807, 2.05) is 6.92 Å². The highest BCUT2D eigenvalue weighted by Gasteiger charge is 2.26. The lowest BCUT2D eigenvalue weighted by Crippen LogP contribution is -2.44. The number of hydrogen-bond acceptors (Lipinski definition) is 6. The predicted octanol–water partition coefficient (Wildman–Crippen LogP) is 2.51. The summed E-state index contributed by atoms with van der Waals surface area (Å²) in [5.74, 6) is 0.699. The maximum absolute atomic E-state index is 13.1. The molecule has 0 radical (unpaired) electrons. The monoisotopic (exact) mass is 416 g/mol. The van der Waals surface area contributed by atoms with E-state index in [9.17, 15) is 8.42 Å². The van der Waals surface area contributed by atoms with Gasteiger partial charge in [0.05, 0.1) is 24.7 Å². The van der Waals surface area contributed by atoms with Crippen molar-refractivity contribution in [2.24, 2.45) is 0 Å². The van der Waals surface area contributed by atoms with Crippen molar-refractivity contribution in [2.45, 2.75) is 36.8 Å². The first-order chi connectivity index (χ1) is 12.9. The summed E-state index contributed by atoms with van der Waals surface area (Å²) in [5, 5.41) is -0.0406. The molecule has 1 aliphatic rings. The van der Waals surface area contributed by atoms with E-state index in [2.05, 4.69) is 24.5 Å². The fourth-order valence-electron chi connectivity index (χ4n) is 2.87. The molecule has 1 aliphatic heterocycles. The molecule has 1 aromatic carbocycles. The van der Waals surface area contributed by atoms with Crippen LogP contribution in [0.2, 0.25) is 0 Å². The fourth-order valence-corrected chi connectivity index (χ4v) is 4.70. The van der Waals surface area contributed by atoms with Gasteiger partial charge in [0.25, 0.3) is 0 Å². The summed E-state index contributed by atoms with van der Waals surface area (Å²) in [6.07, 6.45) is 2.04. The highest BCUT2D eigenvalue weighted by atomic mass is 32.2. The van der Waals surface area contributed by atoms with Crippen molar-refractivity contribution in [3.8, 4) is 5.75 Å². The molecule has 2 rings (SSSR count). The van der Waals surface area contributed by atoms with Crippen LogP contribution in [0.15, 0.2) is 29.2 Å². The Bertz CT molecular complexity index is 644. The average molecular weight is 417 g/mol. The van der Waals surface area contributed by atoms with E-state index >= 15 is 0 Å². The second-order valence-electron chi connectivity index (χ2n) is 6.84. The minimum absolute atomic E-state index is 0.0406. The lowest BCUT2D eigenvalue weighted by Gasteiger charge is -2.30. The molecule has 154 valence electrons. The van der Waals surface area contributed by atoms with Gasteiger partial charge in [0.15, 0.2) is 0 Å². The number of sulfonamides is 1. The fraction of sp³-hybridized carbons (Fsp3) is 0.684. The van der Waals surface area contributed by atoms with E-state index in [-0.39, 0.29) is 5.25 Å². The summed E-state index contributed by atoms with van der Waals surface area (Å²) in [4.78, 5) is 2.53. The van der Waals surface area contributed by atoms with Crippen LogP contribution in [0.4, 0.5) is 0 Å². The van der Waals surface area contributed by atoms with E-state index in [1.54, 1.807) is 24.3 Å². The summed E-state index contributed by atoms with van der Waals surface area (Å²) in [6, 6.07) is 6.71. The van der Waals surface area contributed by atoms with E-state index in [1.165, 1.54) is 4.31 Å². The Morgan fingerprint density at radius 1 is 1.26 bits per heavy atom. The van der Waals surface area contributed by atoms with Crippen LogP contribution >= 0.6 is 12.6 Å². The third-order valence-electron chi connectivity index (χ3n) is 4.47. The summed E-state index contributed by atoms with van der Waals surface area (Å²) in [7, 11) is -3.57. The molecule has 1 heterocycles. The molecule has 0 N–H and O–H groups in total. The number of morpholine rings is 1. The first kappa shape index (κ1) is 22.5. The van der Waals surface area contributed by atoms with Crippen molar-refractivity contribution in [2.75, 3.05) is 52.5 Å². The van der Waals surface area contributed by atoms with Gasteiger partial charge in [-0.15, -0.1) is 0 Å². The Balaban J connectivity index is 2.05. The number of hydrogen-bond donors (Lipinski definition) is 1. The Hall–Kier alpha value is -0.800. The van der Waals surface area contributed by atoms with Gasteiger partial charge in [-0.3, -0.25) is 4.90 Å². The first-order valence-electron chi connectivity index (χ1n) is 9.64. The molecule has 8 heteroatoms. The van der Waals surface area contributed by atoms with Gasteiger partial charge in [-0.05, 0) is 30.7 Å². The molecule has 0 aliphatic carbocycles. The Labute approximate surface area is 169 Å². The predicted molar refractivity (Wildman–Crippen MR) is 111 cm³/mol. The third kappa shape index (κ3) is 7.27. The largest absolute Gasteiger partial charge is 0.494 e. The SMILES string of the molecule is CCCCOc1ccc(S(=O)(=O)N(CCN2CCOCC2)CC(C)S)cc1. The summed E-state index contributed by atoms with van der Waals surface area (Å²) in [5.41, 5.74) is 0. The van der Waals surface area contributed by atoms with Crippen molar-refractivity contribution >= 4 is 22.7 Å². The third-order valence-corrected chi connectivity index (χ3v) is 6.51. The highest BCUT2D eigenvalue weighted by Crippen LogP contribution is 2.21. The zero-order valence-corrected chi connectivity index (χ0v) is 18.1.